The molecular weight excluding hydrogens is 316 g/mol. The molecule has 0 bridgehead atoms. The van der Waals surface area contributed by atoms with Crippen molar-refractivity contribution in [1.29, 1.82) is 0 Å². The molecule has 0 radical (unpaired) electrons. The Bertz CT molecular complexity index is 676. The van der Waals surface area contributed by atoms with E-state index in [2.05, 4.69) is 10.00 Å². The predicted molar refractivity (Wildman–Crippen MR) is 96.6 cm³/mol. The molecule has 3 rings (SSSR count). The van der Waals surface area contributed by atoms with Crippen molar-refractivity contribution in [2.75, 3.05) is 32.7 Å². The first-order chi connectivity index (χ1) is 12.1. The number of carbonyl (C=O) groups is 1. The molecule has 1 N–H and O–H groups in total. The molecule has 1 aromatic heterocycles. The zero-order valence-electron chi connectivity index (χ0n) is 14.7. The first-order valence-electron chi connectivity index (χ1n) is 8.89. The van der Waals surface area contributed by atoms with Crippen molar-refractivity contribution in [3.8, 4) is 5.69 Å². The molecule has 1 aliphatic heterocycles. The van der Waals surface area contributed by atoms with Gasteiger partial charge < -0.3 is 10.0 Å². The molecule has 0 aliphatic carbocycles. The normalized spacial score (nSPS) is 16.8. The minimum absolute atomic E-state index is 0.198. The molecule has 2 aromatic rings. The van der Waals surface area contributed by atoms with Gasteiger partial charge in [0.1, 0.15) is 0 Å². The summed E-state index contributed by atoms with van der Waals surface area (Å²) in [6, 6.07) is 9.96. The quantitative estimate of drug-likeness (QED) is 0.860. The van der Waals surface area contributed by atoms with Crippen LogP contribution in [0, 0.1) is 0 Å². The summed E-state index contributed by atoms with van der Waals surface area (Å²) in [4.78, 5) is 16.5. The summed E-state index contributed by atoms with van der Waals surface area (Å²) in [5, 5.41) is 13.8. The third-order valence-corrected chi connectivity index (χ3v) is 4.53. The Kier molecular flexibility index (Phi) is 5.83. The Morgan fingerprint density at radius 2 is 1.92 bits per heavy atom. The number of piperazine rings is 1. The lowest BCUT2D eigenvalue weighted by molar-refractivity contribution is -0.133. The first kappa shape index (κ1) is 17.6. The molecule has 1 aromatic carbocycles. The third kappa shape index (κ3) is 4.90. The van der Waals surface area contributed by atoms with E-state index in [0.29, 0.717) is 19.4 Å². The van der Waals surface area contributed by atoms with Crippen LogP contribution in [0.15, 0.2) is 42.7 Å². The molecule has 1 amide bonds. The smallest absolute Gasteiger partial charge is 0.222 e. The van der Waals surface area contributed by atoms with E-state index in [1.165, 1.54) is 0 Å². The molecule has 1 saturated heterocycles. The van der Waals surface area contributed by atoms with E-state index >= 15 is 0 Å². The fourth-order valence-electron chi connectivity index (χ4n) is 3.17. The van der Waals surface area contributed by atoms with Gasteiger partial charge >= 0.3 is 0 Å². The number of aromatic nitrogens is 2. The van der Waals surface area contributed by atoms with Crippen LogP contribution in [-0.4, -0.2) is 69.4 Å². The van der Waals surface area contributed by atoms with Crippen LogP contribution in [0.25, 0.3) is 5.69 Å². The van der Waals surface area contributed by atoms with Crippen LogP contribution in [0.5, 0.6) is 0 Å². The number of carbonyl (C=O) groups excluding carboxylic acids is 1. The number of para-hydroxylation sites is 1. The Balaban J connectivity index is 1.46. The number of rotatable bonds is 6. The summed E-state index contributed by atoms with van der Waals surface area (Å²) >= 11 is 0. The number of amides is 1. The second-order valence-electron chi connectivity index (χ2n) is 6.66. The lowest BCUT2D eigenvalue weighted by Crippen LogP contribution is -2.50. The maximum absolute atomic E-state index is 12.4. The van der Waals surface area contributed by atoms with Crippen molar-refractivity contribution in [3.05, 3.63) is 48.3 Å². The number of aryl methyl sites for hydroxylation is 1. The summed E-state index contributed by atoms with van der Waals surface area (Å²) in [5.41, 5.74) is 2.10. The molecule has 0 saturated carbocycles. The van der Waals surface area contributed by atoms with Gasteiger partial charge in [0.05, 0.1) is 18.0 Å². The Morgan fingerprint density at radius 3 is 2.60 bits per heavy atom. The van der Waals surface area contributed by atoms with Gasteiger partial charge in [-0.1, -0.05) is 18.2 Å². The highest BCUT2D eigenvalue weighted by atomic mass is 16.3. The summed E-state index contributed by atoms with van der Waals surface area (Å²) in [5.74, 6) is 0.198. The molecule has 134 valence electrons. The fourth-order valence-corrected chi connectivity index (χ4v) is 3.17. The van der Waals surface area contributed by atoms with Crippen LogP contribution in [0.3, 0.4) is 0 Å². The largest absolute Gasteiger partial charge is 0.392 e. The number of aliphatic hydroxyl groups is 1. The minimum atomic E-state index is -0.316. The number of hydrogen-bond donors (Lipinski definition) is 1. The number of aliphatic hydroxyl groups excluding tert-OH is 1. The fraction of sp³-hybridized carbons (Fsp3) is 0.474. The molecule has 0 spiro atoms. The molecule has 2 heterocycles. The summed E-state index contributed by atoms with van der Waals surface area (Å²) in [6.07, 6.45) is 4.73. The summed E-state index contributed by atoms with van der Waals surface area (Å²) in [6.45, 7) is 5.64. The van der Waals surface area contributed by atoms with E-state index in [-0.39, 0.29) is 12.0 Å². The monoisotopic (exact) mass is 342 g/mol. The van der Waals surface area contributed by atoms with Gasteiger partial charge in [-0.2, -0.15) is 5.10 Å². The summed E-state index contributed by atoms with van der Waals surface area (Å²) in [7, 11) is 0. The topological polar surface area (TPSA) is 61.6 Å². The summed E-state index contributed by atoms with van der Waals surface area (Å²) < 4.78 is 1.84. The van der Waals surface area contributed by atoms with Gasteiger partial charge in [-0.3, -0.25) is 9.69 Å². The molecular formula is C19H26N4O2. The number of nitrogens with zero attached hydrogens (tertiary/aromatic N) is 4. The average Bonchev–Trinajstić information content (AvgIpc) is 3.10. The van der Waals surface area contributed by atoms with Gasteiger partial charge in [0.25, 0.3) is 0 Å². The predicted octanol–water partition coefficient (Wildman–Crippen LogP) is 1.33. The van der Waals surface area contributed by atoms with E-state index in [1.807, 2.05) is 52.3 Å². The van der Waals surface area contributed by atoms with Crippen molar-refractivity contribution in [2.24, 2.45) is 0 Å². The van der Waals surface area contributed by atoms with E-state index in [4.69, 9.17) is 0 Å². The minimum Gasteiger partial charge on any atom is -0.392 e. The lowest BCUT2D eigenvalue weighted by atomic mass is 10.1. The molecule has 25 heavy (non-hydrogen) atoms. The van der Waals surface area contributed by atoms with Crippen molar-refractivity contribution in [1.82, 2.24) is 19.6 Å². The van der Waals surface area contributed by atoms with Crippen molar-refractivity contribution >= 4 is 5.91 Å². The average molecular weight is 342 g/mol. The van der Waals surface area contributed by atoms with Crippen LogP contribution in [-0.2, 0) is 11.2 Å². The first-order valence-corrected chi connectivity index (χ1v) is 8.89. The van der Waals surface area contributed by atoms with Crippen LogP contribution < -0.4 is 0 Å². The van der Waals surface area contributed by atoms with Gasteiger partial charge in [0.2, 0.25) is 5.91 Å². The van der Waals surface area contributed by atoms with Gasteiger partial charge in [-0.25, -0.2) is 4.68 Å². The SMILES string of the molecule is C[C@H](O)CN1CCN(C(=O)CCc2cnn(-c3ccccc3)c2)CC1. The van der Waals surface area contributed by atoms with E-state index in [0.717, 1.165) is 37.4 Å². The van der Waals surface area contributed by atoms with Gasteiger partial charge in [0.15, 0.2) is 0 Å². The molecule has 1 aliphatic rings. The molecule has 0 unspecified atom stereocenters. The number of β-amino-alcohol motifs (C(OH)–C–C–N with tert-alkyl or cyclic N) is 1. The molecule has 1 fully saturated rings. The molecule has 6 nitrogen and oxygen atoms in total. The van der Waals surface area contributed by atoms with Crippen molar-refractivity contribution in [3.63, 3.8) is 0 Å². The van der Waals surface area contributed by atoms with Crippen LogP contribution in [0.4, 0.5) is 0 Å². The van der Waals surface area contributed by atoms with Gasteiger partial charge in [0, 0.05) is 45.3 Å². The van der Waals surface area contributed by atoms with Crippen molar-refractivity contribution < 1.29 is 9.90 Å². The molecule has 6 heteroatoms. The Morgan fingerprint density at radius 1 is 1.20 bits per heavy atom. The highest BCUT2D eigenvalue weighted by molar-refractivity contribution is 5.76. The second-order valence-corrected chi connectivity index (χ2v) is 6.66. The van der Waals surface area contributed by atoms with Crippen LogP contribution in [0.1, 0.15) is 18.9 Å². The second kappa shape index (κ2) is 8.27. The maximum Gasteiger partial charge on any atom is 0.222 e. The van der Waals surface area contributed by atoms with E-state index in [9.17, 15) is 9.90 Å². The van der Waals surface area contributed by atoms with Crippen LogP contribution >= 0.6 is 0 Å². The lowest BCUT2D eigenvalue weighted by Gasteiger charge is -2.35. The standard InChI is InChI=1S/C19H26N4O2/c1-16(24)14-21-9-11-22(12-10-21)19(25)8-7-17-13-20-23(15-17)18-5-3-2-4-6-18/h2-6,13,15-16,24H,7-12,14H2,1H3/t16-/m0/s1. The maximum atomic E-state index is 12.4. The number of hydrogen-bond acceptors (Lipinski definition) is 4. The van der Waals surface area contributed by atoms with Gasteiger partial charge in [-0.15, -0.1) is 0 Å². The third-order valence-electron chi connectivity index (χ3n) is 4.53. The zero-order chi connectivity index (χ0) is 17.6. The number of benzene rings is 1. The molecule has 1 atom stereocenters. The van der Waals surface area contributed by atoms with Crippen LogP contribution in [0.2, 0.25) is 0 Å². The van der Waals surface area contributed by atoms with Gasteiger partial charge in [-0.05, 0) is 31.0 Å². The van der Waals surface area contributed by atoms with E-state index < -0.39 is 0 Å². The highest BCUT2D eigenvalue weighted by Crippen LogP contribution is 2.11. The Hall–Kier alpha value is -2.18. The zero-order valence-corrected chi connectivity index (χ0v) is 14.7. The van der Waals surface area contributed by atoms with Crippen molar-refractivity contribution in [2.45, 2.75) is 25.9 Å². The Labute approximate surface area is 148 Å². The highest BCUT2D eigenvalue weighted by Gasteiger charge is 2.21. The van der Waals surface area contributed by atoms with E-state index in [1.54, 1.807) is 6.92 Å².